The predicted octanol–water partition coefficient (Wildman–Crippen LogP) is 6.27. The first-order chi connectivity index (χ1) is 20.6. The molecule has 5 rings (SSSR count). The number of pyridine rings is 1. The highest BCUT2D eigenvalue weighted by Gasteiger charge is 2.20. The topological polar surface area (TPSA) is 107 Å². The van der Waals surface area contributed by atoms with Crippen LogP contribution in [-0.2, 0) is 11.2 Å². The number of benzene rings is 3. The first kappa shape index (κ1) is 28.9. The maximum absolute atomic E-state index is 12.2. The fourth-order valence-electron chi connectivity index (χ4n) is 4.85. The minimum atomic E-state index is 0.152. The van der Waals surface area contributed by atoms with Crippen LogP contribution in [-0.4, -0.2) is 48.5 Å². The van der Waals surface area contributed by atoms with Crippen molar-refractivity contribution in [2.75, 3.05) is 26.4 Å². The van der Waals surface area contributed by atoms with Crippen molar-refractivity contribution >= 4 is 29.0 Å². The molecule has 0 atom stereocenters. The molecule has 4 aromatic rings. The van der Waals surface area contributed by atoms with Gasteiger partial charge in [-0.1, -0.05) is 42.5 Å². The Hall–Kier alpha value is -4.59. The number of hydrogen-bond donors (Lipinski definition) is 2. The van der Waals surface area contributed by atoms with Gasteiger partial charge in [0.15, 0.2) is 5.78 Å². The van der Waals surface area contributed by atoms with Gasteiger partial charge in [-0.2, -0.15) is 0 Å². The zero-order valence-corrected chi connectivity index (χ0v) is 23.5. The van der Waals surface area contributed by atoms with Gasteiger partial charge in [-0.05, 0) is 71.5 Å². The Balaban J connectivity index is 1.27. The van der Waals surface area contributed by atoms with Crippen molar-refractivity contribution in [2.45, 2.75) is 25.7 Å². The second-order valence-electron chi connectivity index (χ2n) is 10.1. The highest BCUT2D eigenvalue weighted by atomic mass is 16.5. The Kier molecular flexibility index (Phi) is 9.88. The predicted molar refractivity (Wildman–Crippen MR) is 167 cm³/mol. The van der Waals surface area contributed by atoms with E-state index in [1.807, 2.05) is 72.8 Å². The lowest BCUT2D eigenvalue weighted by molar-refractivity contribution is 0.0994. The van der Waals surface area contributed by atoms with Crippen LogP contribution in [0.5, 0.6) is 5.75 Å². The highest BCUT2D eigenvalue weighted by Crippen LogP contribution is 2.29. The number of hydrogen-bond acceptors (Lipinski definition) is 7. The van der Waals surface area contributed by atoms with Crippen molar-refractivity contribution in [1.82, 2.24) is 4.98 Å². The Morgan fingerprint density at radius 3 is 2.31 bits per heavy atom. The largest absolute Gasteiger partial charge is 0.494 e. The molecule has 214 valence electrons. The lowest BCUT2D eigenvalue weighted by Crippen LogP contribution is -2.04. The summed E-state index contributed by atoms with van der Waals surface area (Å²) in [5, 5.41) is 8.78. The first-order valence-corrected chi connectivity index (χ1v) is 14.2. The molecule has 1 aromatic heterocycles. The molecule has 1 heterocycles. The van der Waals surface area contributed by atoms with Crippen molar-refractivity contribution in [2.24, 2.45) is 10.7 Å². The lowest BCUT2D eigenvalue weighted by Gasteiger charge is -2.11. The molecule has 0 saturated heterocycles. The number of aryl methyl sites for hydroxylation is 1. The minimum Gasteiger partial charge on any atom is -0.494 e. The summed E-state index contributed by atoms with van der Waals surface area (Å²) in [5.41, 5.74) is 14.6. The Bertz CT molecular complexity index is 1550. The van der Waals surface area contributed by atoms with Crippen molar-refractivity contribution < 1.29 is 19.4 Å². The Labute approximate surface area is 246 Å². The fourth-order valence-corrected chi connectivity index (χ4v) is 4.85. The molecule has 0 radical (unpaired) electrons. The number of ketones is 1. The minimum absolute atomic E-state index is 0.152. The molecule has 7 heteroatoms. The van der Waals surface area contributed by atoms with Crippen LogP contribution in [0.3, 0.4) is 0 Å². The summed E-state index contributed by atoms with van der Waals surface area (Å²) in [6, 6.07) is 25.7. The van der Waals surface area contributed by atoms with E-state index in [-0.39, 0.29) is 12.4 Å². The van der Waals surface area contributed by atoms with Crippen LogP contribution in [0.15, 0.2) is 96.2 Å². The van der Waals surface area contributed by atoms with Gasteiger partial charge in [0.05, 0.1) is 12.3 Å². The standard InChI is InChI=1S/C35H35N3O4/c36-35(27-15-17-37-18-16-27)33(29-7-13-32-28(23-29)8-14-34(32)40)24-38-30-9-3-25(4-10-30)26-5-11-31(12-6-26)42-22-2-21-41-20-1-19-39/h3-7,9-13,15-18,23-24,39H,1-2,8,14,19-22,36H2. The molecule has 0 saturated carbocycles. The van der Waals surface area contributed by atoms with E-state index in [0.29, 0.717) is 38.4 Å². The van der Waals surface area contributed by atoms with Crippen molar-refractivity contribution in [3.05, 3.63) is 114 Å². The van der Waals surface area contributed by atoms with Gasteiger partial charge in [0.25, 0.3) is 0 Å². The second-order valence-corrected chi connectivity index (χ2v) is 10.1. The van der Waals surface area contributed by atoms with Crippen molar-refractivity contribution in [3.63, 3.8) is 0 Å². The molecule has 1 aliphatic rings. The number of Topliss-reactive ketones (excluding diaryl/α,β-unsaturated/α-hetero) is 1. The van der Waals surface area contributed by atoms with Gasteiger partial charge < -0.3 is 20.3 Å². The van der Waals surface area contributed by atoms with Gasteiger partial charge in [-0.25, -0.2) is 0 Å². The van der Waals surface area contributed by atoms with Gasteiger partial charge in [0.1, 0.15) is 5.75 Å². The van der Waals surface area contributed by atoms with Crippen LogP contribution >= 0.6 is 0 Å². The first-order valence-electron chi connectivity index (χ1n) is 14.2. The number of carbonyl (C=O) groups excluding carboxylic acids is 1. The molecule has 1 aliphatic carbocycles. The van der Waals surface area contributed by atoms with Gasteiger partial charge in [-0.15, -0.1) is 0 Å². The van der Waals surface area contributed by atoms with E-state index in [1.165, 1.54) is 0 Å². The monoisotopic (exact) mass is 561 g/mol. The molecule has 0 aliphatic heterocycles. The number of fused-ring (bicyclic) bond motifs is 1. The molecular weight excluding hydrogens is 526 g/mol. The normalized spacial score (nSPS) is 13.3. The van der Waals surface area contributed by atoms with E-state index < -0.39 is 0 Å². The van der Waals surface area contributed by atoms with E-state index >= 15 is 0 Å². The molecule has 7 nitrogen and oxygen atoms in total. The SMILES string of the molecule is NC(=C(C=Nc1ccc(-c2ccc(OCCCOCCCO)cc2)cc1)c1ccc2c(c1)CCC2=O)c1ccncc1. The summed E-state index contributed by atoms with van der Waals surface area (Å²) >= 11 is 0. The number of allylic oxidation sites excluding steroid dienone is 1. The summed E-state index contributed by atoms with van der Waals surface area (Å²) in [4.78, 5) is 21.0. The van der Waals surface area contributed by atoms with Crippen molar-refractivity contribution in [3.8, 4) is 16.9 Å². The molecule has 0 spiro atoms. The second kappa shape index (κ2) is 14.3. The summed E-state index contributed by atoms with van der Waals surface area (Å²) in [6.45, 7) is 1.93. The zero-order chi connectivity index (χ0) is 29.1. The highest BCUT2D eigenvalue weighted by molar-refractivity contribution is 6.19. The third-order valence-corrected chi connectivity index (χ3v) is 7.17. The lowest BCUT2D eigenvalue weighted by atomic mass is 9.97. The number of nitrogens with two attached hydrogens (primary N) is 1. The summed E-state index contributed by atoms with van der Waals surface area (Å²) in [6.07, 6.45) is 7.99. The van der Waals surface area contributed by atoms with E-state index in [2.05, 4.69) is 11.1 Å². The Morgan fingerprint density at radius 1 is 0.857 bits per heavy atom. The average Bonchev–Trinajstić information content (AvgIpc) is 3.41. The number of aromatic nitrogens is 1. The number of aliphatic hydroxyl groups is 1. The van der Waals surface area contributed by atoms with E-state index in [0.717, 1.165) is 63.2 Å². The average molecular weight is 562 g/mol. The number of carbonyl (C=O) groups is 1. The molecule has 42 heavy (non-hydrogen) atoms. The van der Waals surface area contributed by atoms with Crippen LogP contribution in [0.2, 0.25) is 0 Å². The number of ether oxygens (including phenoxy) is 2. The molecule has 0 unspecified atom stereocenters. The van der Waals surface area contributed by atoms with Crippen LogP contribution in [0.1, 0.15) is 46.3 Å². The Morgan fingerprint density at radius 2 is 1.57 bits per heavy atom. The van der Waals surface area contributed by atoms with E-state index in [4.69, 9.17) is 25.3 Å². The van der Waals surface area contributed by atoms with Gasteiger partial charge in [0, 0.05) is 73.7 Å². The molecule has 0 bridgehead atoms. The van der Waals surface area contributed by atoms with Crippen LogP contribution in [0, 0.1) is 0 Å². The summed E-state index contributed by atoms with van der Waals surface area (Å²) in [7, 11) is 0. The maximum atomic E-state index is 12.2. The van der Waals surface area contributed by atoms with Gasteiger partial charge in [0.2, 0.25) is 0 Å². The summed E-state index contributed by atoms with van der Waals surface area (Å²) < 4.78 is 11.2. The molecule has 3 aromatic carbocycles. The summed E-state index contributed by atoms with van der Waals surface area (Å²) in [5.74, 6) is 1.01. The molecular formula is C35H35N3O4. The van der Waals surface area contributed by atoms with Gasteiger partial charge in [-0.3, -0.25) is 14.8 Å². The van der Waals surface area contributed by atoms with Crippen molar-refractivity contribution in [1.29, 1.82) is 0 Å². The smallest absolute Gasteiger partial charge is 0.163 e. The quantitative estimate of drug-likeness (QED) is 0.147. The molecule has 0 amide bonds. The fraction of sp³-hybridized carbons (Fsp3) is 0.229. The van der Waals surface area contributed by atoms with Crippen LogP contribution in [0.25, 0.3) is 22.4 Å². The number of rotatable bonds is 13. The maximum Gasteiger partial charge on any atom is 0.163 e. The zero-order valence-electron chi connectivity index (χ0n) is 23.5. The molecule has 0 fully saturated rings. The third kappa shape index (κ3) is 7.37. The van der Waals surface area contributed by atoms with Crippen LogP contribution in [0.4, 0.5) is 5.69 Å². The van der Waals surface area contributed by atoms with E-state index in [9.17, 15) is 4.79 Å². The van der Waals surface area contributed by atoms with Crippen LogP contribution < -0.4 is 10.5 Å². The molecule has 3 N–H and O–H groups in total. The number of aliphatic hydroxyl groups excluding tert-OH is 1. The van der Waals surface area contributed by atoms with E-state index in [1.54, 1.807) is 18.6 Å². The van der Waals surface area contributed by atoms with Gasteiger partial charge >= 0.3 is 0 Å². The third-order valence-electron chi connectivity index (χ3n) is 7.17. The number of aliphatic imine (C=N–C) groups is 1. The number of nitrogens with zero attached hydrogens (tertiary/aromatic N) is 2.